The fourth-order valence-corrected chi connectivity index (χ4v) is 3.24. The number of nitrogens with zero attached hydrogens (tertiary/aromatic N) is 5. The molecule has 0 amide bonds. The first-order chi connectivity index (χ1) is 12.0. The van der Waals surface area contributed by atoms with Crippen LogP contribution in [0.3, 0.4) is 0 Å². The van der Waals surface area contributed by atoms with Crippen molar-refractivity contribution in [1.29, 1.82) is 0 Å². The van der Waals surface area contributed by atoms with Crippen molar-refractivity contribution in [2.75, 3.05) is 0 Å². The number of aromatic nitrogens is 5. The first kappa shape index (κ1) is 16.0. The summed E-state index contributed by atoms with van der Waals surface area (Å²) in [5.74, 6) is 1.02. The van der Waals surface area contributed by atoms with Crippen molar-refractivity contribution in [1.82, 2.24) is 24.3 Å². The molecule has 0 atom stereocenters. The molecule has 0 unspecified atom stereocenters. The predicted octanol–water partition coefficient (Wildman–Crippen LogP) is 3.25. The van der Waals surface area contributed by atoms with Crippen molar-refractivity contribution in [2.45, 2.75) is 6.54 Å². The van der Waals surface area contributed by atoms with E-state index in [1.165, 1.54) is 10.9 Å². The van der Waals surface area contributed by atoms with Gasteiger partial charge >= 0.3 is 0 Å². The number of oxazole rings is 1. The molecule has 0 spiro atoms. The molecule has 0 bridgehead atoms. The number of halogens is 2. The molecule has 3 heterocycles. The summed E-state index contributed by atoms with van der Waals surface area (Å²) in [6.45, 7) is 0.177. The van der Waals surface area contributed by atoms with Crippen LogP contribution < -0.4 is 5.56 Å². The summed E-state index contributed by atoms with van der Waals surface area (Å²) in [5, 5.41) is 5.23. The fourth-order valence-electron chi connectivity index (χ4n) is 2.52. The molecule has 7 nitrogen and oxygen atoms in total. The molecule has 0 fully saturated rings. The lowest BCUT2D eigenvalue weighted by Crippen LogP contribution is -2.21. The number of hydrogen-bond acceptors (Lipinski definition) is 5. The third-order valence-electron chi connectivity index (χ3n) is 3.76. The van der Waals surface area contributed by atoms with E-state index in [9.17, 15) is 4.79 Å². The maximum absolute atomic E-state index is 12.6. The van der Waals surface area contributed by atoms with Gasteiger partial charge in [-0.25, -0.2) is 14.6 Å². The SMILES string of the molecule is Cn1nc(Br)c2c(=O)n(Cc3ncc(-c4ccc(Cl)cc4)o3)cnc21. The molecule has 25 heavy (non-hydrogen) atoms. The topological polar surface area (TPSA) is 78.7 Å². The average molecular weight is 421 g/mol. The minimum absolute atomic E-state index is 0.177. The van der Waals surface area contributed by atoms with Crippen LogP contribution in [0.4, 0.5) is 0 Å². The Balaban J connectivity index is 1.68. The average Bonchev–Trinajstić information content (AvgIpc) is 3.16. The largest absolute Gasteiger partial charge is 0.439 e. The van der Waals surface area contributed by atoms with Gasteiger partial charge in [0, 0.05) is 17.6 Å². The number of aryl methyl sites for hydroxylation is 1. The van der Waals surface area contributed by atoms with Gasteiger partial charge < -0.3 is 4.42 Å². The Kier molecular flexibility index (Phi) is 3.93. The molecule has 4 aromatic rings. The van der Waals surface area contributed by atoms with Gasteiger partial charge in [0.1, 0.15) is 22.9 Å². The third-order valence-corrected chi connectivity index (χ3v) is 4.56. The second kappa shape index (κ2) is 6.12. The van der Waals surface area contributed by atoms with Gasteiger partial charge in [-0.1, -0.05) is 11.6 Å². The molecule has 9 heteroatoms. The van der Waals surface area contributed by atoms with E-state index in [4.69, 9.17) is 16.0 Å². The molecule has 0 aliphatic carbocycles. The number of benzene rings is 1. The molecule has 0 saturated heterocycles. The maximum atomic E-state index is 12.6. The molecular formula is C16H11BrClN5O2. The molecule has 0 N–H and O–H groups in total. The van der Waals surface area contributed by atoms with E-state index in [0.717, 1.165) is 5.56 Å². The Morgan fingerprint density at radius 3 is 2.76 bits per heavy atom. The predicted molar refractivity (Wildman–Crippen MR) is 96.5 cm³/mol. The van der Waals surface area contributed by atoms with E-state index in [-0.39, 0.29) is 12.1 Å². The first-order valence-electron chi connectivity index (χ1n) is 7.31. The zero-order valence-electron chi connectivity index (χ0n) is 13.0. The fraction of sp³-hybridized carbons (Fsp3) is 0.125. The van der Waals surface area contributed by atoms with Crippen molar-refractivity contribution < 1.29 is 4.42 Å². The van der Waals surface area contributed by atoms with Gasteiger partial charge in [-0.2, -0.15) is 5.10 Å². The molecule has 0 radical (unpaired) electrons. The number of hydrogen-bond donors (Lipinski definition) is 0. The molecule has 0 aliphatic heterocycles. The number of rotatable bonds is 3. The summed E-state index contributed by atoms with van der Waals surface area (Å²) in [5.41, 5.74) is 1.16. The molecule has 0 aliphatic rings. The van der Waals surface area contributed by atoms with Crippen LogP contribution in [0.2, 0.25) is 5.02 Å². The highest BCUT2D eigenvalue weighted by Crippen LogP contribution is 2.23. The highest BCUT2D eigenvalue weighted by Gasteiger charge is 2.15. The lowest BCUT2D eigenvalue weighted by atomic mass is 10.2. The van der Waals surface area contributed by atoms with E-state index in [0.29, 0.717) is 32.3 Å². The van der Waals surface area contributed by atoms with Crippen LogP contribution in [0.1, 0.15) is 5.89 Å². The van der Waals surface area contributed by atoms with Crippen LogP contribution in [0.15, 0.2) is 50.6 Å². The molecule has 3 aromatic heterocycles. The summed E-state index contributed by atoms with van der Waals surface area (Å²) < 4.78 is 9.19. The van der Waals surface area contributed by atoms with Gasteiger partial charge in [-0.15, -0.1) is 0 Å². The van der Waals surface area contributed by atoms with E-state index in [1.54, 1.807) is 30.1 Å². The van der Waals surface area contributed by atoms with Crippen LogP contribution in [-0.2, 0) is 13.6 Å². The molecular weight excluding hydrogens is 410 g/mol. The van der Waals surface area contributed by atoms with E-state index < -0.39 is 0 Å². The highest BCUT2D eigenvalue weighted by atomic mass is 79.9. The van der Waals surface area contributed by atoms with Crippen molar-refractivity contribution >= 4 is 38.6 Å². The van der Waals surface area contributed by atoms with Crippen molar-refractivity contribution in [3.05, 3.63) is 62.7 Å². The quantitative estimate of drug-likeness (QED) is 0.508. The summed E-state index contributed by atoms with van der Waals surface area (Å²) in [7, 11) is 1.73. The van der Waals surface area contributed by atoms with Gasteiger partial charge in [0.05, 0.1) is 6.20 Å². The van der Waals surface area contributed by atoms with Gasteiger partial charge in [0.15, 0.2) is 11.4 Å². The minimum atomic E-state index is -0.212. The van der Waals surface area contributed by atoms with Gasteiger partial charge in [0.25, 0.3) is 5.56 Å². The van der Waals surface area contributed by atoms with E-state index in [2.05, 4.69) is 31.0 Å². The van der Waals surface area contributed by atoms with Crippen LogP contribution >= 0.6 is 27.5 Å². The zero-order chi connectivity index (χ0) is 17.6. The Bertz CT molecular complexity index is 1130. The van der Waals surface area contributed by atoms with Gasteiger partial charge in [-0.05, 0) is 40.2 Å². The smallest absolute Gasteiger partial charge is 0.266 e. The second-order valence-electron chi connectivity index (χ2n) is 5.42. The highest BCUT2D eigenvalue weighted by molar-refractivity contribution is 9.10. The summed E-state index contributed by atoms with van der Waals surface area (Å²) in [6.07, 6.45) is 3.08. The Labute approximate surface area is 155 Å². The Morgan fingerprint density at radius 2 is 2.00 bits per heavy atom. The zero-order valence-corrected chi connectivity index (χ0v) is 15.3. The Morgan fingerprint density at radius 1 is 1.24 bits per heavy atom. The van der Waals surface area contributed by atoms with Gasteiger partial charge in [0.2, 0.25) is 5.89 Å². The Hall–Kier alpha value is -2.45. The standard InChI is InChI=1S/C16H11BrClN5O2/c1-22-15-13(14(17)21-22)16(24)23(8-20-15)7-12-19-6-11(25-12)9-2-4-10(18)5-3-9/h2-6,8H,7H2,1H3. The molecule has 4 rings (SSSR count). The number of fused-ring (bicyclic) bond motifs is 1. The molecule has 126 valence electrons. The first-order valence-corrected chi connectivity index (χ1v) is 8.48. The molecule has 0 saturated carbocycles. The lowest BCUT2D eigenvalue weighted by Gasteiger charge is -2.02. The third kappa shape index (κ3) is 2.87. The summed E-state index contributed by atoms with van der Waals surface area (Å²) >= 11 is 9.18. The minimum Gasteiger partial charge on any atom is -0.439 e. The van der Waals surface area contributed by atoms with Crippen molar-refractivity contribution in [3.63, 3.8) is 0 Å². The monoisotopic (exact) mass is 419 g/mol. The van der Waals surface area contributed by atoms with Crippen LogP contribution in [0.25, 0.3) is 22.4 Å². The van der Waals surface area contributed by atoms with E-state index in [1.807, 2.05) is 12.1 Å². The summed E-state index contributed by atoms with van der Waals surface area (Å²) in [4.78, 5) is 21.2. The molecule has 1 aromatic carbocycles. The normalized spacial score (nSPS) is 11.3. The maximum Gasteiger partial charge on any atom is 0.266 e. The van der Waals surface area contributed by atoms with Crippen LogP contribution in [0.5, 0.6) is 0 Å². The van der Waals surface area contributed by atoms with Crippen LogP contribution in [-0.4, -0.2) is 24.3 Å². The van der Waals surface area contributed by atoms with Crippen molar-refractivity contribution in [2.24, 2.45) is 7.05 Å². The summed E-state index contributed by atoms with van der Waals surface area (Å²) in [6, 6.07) is 7.25. The van der Waals surface area contributed by atoms with E-state index >= 15 is 0 Å². The lowest BCUT2D eigenvalue weighted by molar-refractivity contribution is 0.484. The van der Waals surface area contributed by atoms with Crippen molar-refractivity contribution in [3.8, 4) is 11.3 Å². The van der Waals surface area contributed by atoms with Gasteiger partial charge in [-0.3, -0.25) is 9.36 Å². The second-order valence-corrected chi connectivity index (χ2v) is 6.60. The van der Waals surface area contributed by atoms with Crippen LogP contribution in [0, 0.1) is 0 Å².